The first-order valence-corrected chi connectivity index (χ1v) is 8.80. The number of carbonyl (C=O) groups excluding carboxylic acids is 1. The summed E-state index contributed by atoms with van der Waals surface area (Å²) in [4.78, 5) is 12.1. The third-order valence-corrected chi connectivity index (χ3v) is 4.80. The molecular formula is C19H23NO2S. The van der Waals surface area contributed by atoms with Crippen molar-refractivity contribution in [1.82, 2.24) is 5.32 Å². The Morgan fingerprint density at radius 2 is 1.78 bits per heavy atom. The predicted octanol–water partition coefficient (Wildman–Crippen LogP) is 3.68. The third kappa shape index (κ3) is 5.99. The van der Waals surface area contributed by atoms with E-state index in [1.54, 1.807) is 18.9 Å². The molecule has 2 rings (SSSR count). The van der Waals surface area contributed by atoms with Gasteiger partial charge in [-0.2, -0.15) is 0 Å². The van der Waals surface area contributed by atoms with Crippen molar-refractivity contribution in [3.05, 3.63) is 65.7 Å². The molecule has 0 radical (unpaired) electrons. The van der Waals surface area contributed by atoms with Gasteiger partial charge in [-0.15, -0.1) is 11.8 Å². The Hall–Kier alpha value is -1.94. The van der Waals surface area contributed by atoms with Crippen LogP contribution in [0, 0.1) is 0 Å². The van der Waals surface area contributed by atoms with Gasteiger partial charge in [0.05, 0.1) is 12.4 Å². The van der Waals surface area contributed by atoms with Gasteiger partial charge in [-0.05, 0) is 36.6 Å². The zero-order valence-electron chi connectivity index (χ0n) is 13.6. The molecule has 122 valence electrons. The average Bonchev–Trinajstić information content (AvgIpc) is 2.61. The number of amides is 1. The maximum absolute atomic E-state index is 12.1. The molecule has 3 nitrogen and oxygen atoms in total. The number of hydrogen-bond donors (Lipinski definition) is 1. The molecular weight excluding hydrogens is 306 g/mol. The van der Waals surface area contributed by atoms with Crippen LogP contribution in [0.2, 0.25) is 0 Å². The zero-order valence-corrected chi connectivity index (χ0v) is 14.4. The molecule has 0 fully saturated rings. The van der Waals surface area contributed by atoms with Crippen molar-refractivity contribution in [1.29, 1.82) is 0 Å². The Bertz CT molecular complexity index is 599. The van der Waals surface area contributed by atoms with E-state index in [1.807, 2.05) is 49.4 Å². The summed E-state index contributed by atoms with van der Waals surface area (Å²) >= 11 is 1.66. The minimum atomic E-state index is -0.0499. The predicted molar refractivity (Wildman–Crippen MR) is 96.9 cm³/mol. The van der Waals surface area contributed by atoms with E-state index in [4.69, 9.17) is 4.74 Å². The molecule has 1 amide bonds. The van der Waals surface area contributed by atoms with Crippen molar-refractivity contribution in [2.45, 2.75) is 24.3 Å². The summed E-state index contributed by atoms with van der Waals surface area (Å²) in [7, 11) is 1.66. The van der Waals surface area contributed by atoms with Crippen molar-refractivity contribution < 1.29 is 9.53 Å². The first kappa shape index (κ1) is 17.4. The average molecular weight is 329 g/mol. The first-order valence-electron chi connectivity index (χ1n) is 7.75. The van der Waals surface area contributed by atoms with Crippen LogP contribution in [0.3, 0.4) is 0 Å². The van der Waals surface area contributed by atoms with E-state index >= 15 is 0 Å². The molecule has 0 saturated carbocycles. The first-order chi connectivity index (χ1) is 11.2. The molecule has 0 spiro atoms. The molecule has 0 aliphatic rings. The number of ether oxygens (including phenoxy) is 1. The molecule has 2 aromatic carbocycles. The van der Waals surface area contributed by atoms with Crippen LogP contribution in [0.1, 0.15) is 18.1 Å². The van der Waals surface area contributed by atoms with E-state index in [-0.39, 0.29) is 11.2 Å². The van der Waals surface area contributed by atoms with E-state index in [2.05, 4.69) is 17.4 Å². The number of carbonyl (C=O) groups is 1. The second-order valence-electron chi connectivity index (χ2n) is 5.33. The van der Waals surface area contributed by atoms with Crippen LogP contribution < -0.4 is 10.1 Å². The highest BCUT2D eigenvalue weighted by molar-refractivity contribution is 7.99. The second kappa shape index (κ2) is 9.26. The Morgan fingerprint density at radius 3 is 2.43 bits per heavy atom. The number of rotatable bonds is 8. The van der Waals surface area contributed by atoms with E-state index in [0.717, 1.165) is 17.9 Å². The summed E-state index contributed by atoms with van der Waals surface area (Å²) in [6.07, 6.45) is 0.825. The lowest BCUT2D eigenvalue weighted by Gasteiger charge is -2.12. The molecule has 2 aromatic rings. The Labute approximate surface area is 142 Å². The number of methoxy groups -OCH3 is 1. The third-order valence-electron chi connectivity index (χ3n) is 3.58. The molecule has 1 N–H and O–H groups in total. The van der Waals surface area contributed by atoms with Crippen molar-refractivity contribution in [3.8, 4) is 5.75 Å². The number of benzene rings is 2. The molecule has 0 aliphatic carbocycles. The van der Waals surface area contributed by atoms with Gasteiger partial charge in [0.15, 0.2) is 0 Å². The highest BCUT2D eigenvalue weighted by atomic mass is 32.2. The summed E-state index contributed by atoms with van der Waals surface area (Å²) in [5.41, 5.74) is 2.44. The normalized spacial score (nSPS) is 11.7. The van der Waals surface area contributed by atoms with Crippen LogP contribution in [0.5, 0.6) is 5.75 Å². The van der Waals surface area contributed by atoms with Crippen LogP contribution in [0.25, 0.3) is 0 Å². The fraction of sp³-hybridized carbons (Fsp3) is 0.316. The number of thioether (sulfide) groups is 1. The second-order valence-corrected chi connectivity index (χ2v) is 6.66. The molecule has 0 aromatic heterocycles. The smallest absolute Gasteiger partial charge is 0.232 e. The minimum absolute atomic E-state index is 0.0499. The Kier molecular flexibility index (Phi) is 7.01. The van der Waals surface area contributed by atoms with Gasteiger partial charge in [-0.1, -0.05) is 42.5 Å². The van der Waals surface area contributed by atoms with Crippen LogP contribution in [0.15, 0.2) is 54.6 Å². The fourth-order valence-electron chi connectivity index (χ4n) is 2.14. The number of nitrogens with one attached hydrogen (secondary N) is 1. The lowest BCUT2D eigenvalue weighted by atomic mass is 10.1. The fourth-order valence-corrected chi connectivity index (χ4v) is 3.01. The quantitative estimate of drug-likeness (QED) is 0.803. The Balaban J connectivity index is 1.69. The lowest BCUT2D eigenvalue weighted by molar-refractivity contribution is -0.120. The van der Waals surface area contributed by atoms with Gasteiger partial charge in [0.2, 0.25) is 5.91 Å². The summed E-state index contributed by atoms with van der Waals surface area (Å²) in [6.45, 7) is 2.61. The molecule has 4 heteroatoms. The van der Waals surface area contributed by atoms with Gasteiger partial charge in [-0.3, -0.25) is 4.79 Å². The standard InChI is InChI=1S/C19H23NO2S/c1-15(23-14-17-6-4-3-5-7-17)19(21)20-13-12-16-8-10-18(22-2)11-9-16/h3-11,15H,12-14H2,1-2H3,(H,20,21)/t15-/m0/s1. The molecule has 1 atom stereocenters. The molecule has 0 aliphatic heterocycles. The molecule has 0 saturated heterocycles. The van der Waals surface area contributed by atoms with Gasteiger partial charge in [0.25, 0.3) is 0 Å². The van der Waals surface area contributed by atoms with Gasteiger partial charge >= 0.3 is 0 Å². The molecule has 0 heterocycles. The largest absolute Gasteiger partial charge is 0.497 e. The van der Waals surface area contributed by atoms with Crippen LogP contribution in [0.4, 0.5) is 0 Å². The summed E-state index contributed by atoms with van der Waals surface area (Å²) < 4.78 is 5.13. The monoisotopic (exact) mass is 329 g/mol. The molecule has 0 unspecified atom stereocenters. The topological polar surface area (TPSA) is 38.3 Å². The van der Waals surface area contributed by atoms with Crippen molar-refractivity contribution in [2.75, 3.05) is 13.7 Å². The highest BCUT2D eigenvalue weighted by Gasteiger charge is 2.12. The molecule has 23 heavy (non-hydrogen) atoms. The van der Waals surface area contributed by atoms with Crippen LogP contribution in [-0.2, 0) is 17.0 Å². The SMILES string of the molecule is COc1ccc(CCNC(=O)[C@H](C)SCc2ccccc2)cc1. The number of hydrogen-bond acceptors (Lipinski definition) is 3. The highest BCUT2D eigenvalue weighted by Crippen LogP contribution is 2.17. The van der Waals surface area contributed by atoms with Gasteiger partial charge in [-0.25, -0.2) is 0 Å². The van der Waals surface area contributed by atoms with E-state index in [1.165, 1.54) is 11.1 Å². The van der Waals surface area contributed by atoms with Gasteiger partial charge in [0.1, 0.15) is 5.75 Å². The van der Waals surface area contributed by atoms with E-state index in [9.17, 15) is 4.79 Å². The maximum Gasteiger partial charge on any atom is 0.232 e. The summed E-state index contributed by atoms with van der Waals surface area (Å²) in [5, 5.41) is 2.95. The van der Waals surface area contributed by atoms with Gasteiger partial charge in [0, 0.05) is 12.3 Å². The van der Waals surface area contributed by atoms with Crippen LogP contribution >= 0.6 is 11.8 Å². The van der Waals surface area contributed by atoms with Crippen molar-refractivity contribution in [3.63, 3.8) is 0 Å². The minimum Gasteiger partial charge on any atom is -0.497 e. The van der Waals surface area contributed by atoms with Crippen molar-refractivity contribution in [2.24, 2.45) is 0 Å². The van der Waals surface area contributed by atoms with Crippen LogP contribution in [-0.4, -0.2) is 24.8 Å². The zero-order chi connectivity index (χ0) is 16.5. The van der Waals surface area contributed by atoms with E-state index < -0.39 is 0 Å². The summed E-state index contributed by atoms with van der Waals surface area (Å²) in [5.74, 6) is 1.80. The van der Waals surface area contributed by atoms with Crippen molar-refractivity contribution >= 4 is 17.7 Å². The summed E-state index contributed by atoms with van der Waals surface area (Å²) in [6, 6.07) is 18.2. The molecule has 0 bridgehead atoms. The van der Waals surface area contributed by atoms with Gasteiger partial charge < -0.3 is 10.1 Å². The lowest BCUT2D eigenvalue weighted by Crippen LogP contribution is -2.32. The maximum atomic E-state index is 12.1. The Morgan fingerprint density at radius 1 is 1.09 bits per heavy atom. The van der Waals surface area contributed by atoms with E-state index in [0.29, 0.717) is 6.54 Å².